The molecule has 1 aromatic carbocycles. The summed E-state index contributed by atoms with van der Waals surface area (Å²) >= 11 is 0. The Morgan fingerprint density at radius 2 is 2.12 bits per heavy atom. The van der Waals surface area contributed by atoms with E-state index in [0.717, 1.165) is 0 Å². The lowest BCUT2D eigenvalue weighted by Crippen LogP contribution is -2.55. The van der Waals surface area contributed by atoms with E-state index in [4.69, 9.17) is 10.7 Å². The minimum absolute atomic E-state index is 0.00897. The second kappa shape index (κ2) is 8.66. The van der Waals surface area contributed by atoms with E-state index in [-0.39, 0.29) is 34.3 Å². The Labute approximate surface area is 188 Å². The topological polar surface area (TPSA) is 151 Å². The zero-order chi connectivity index (χ0) is 23.7. The van der Waals surface area contributed by atoms with Crippen LogP contribution in [0.25, 0.3) is 11.2 Å². The van der Waals surface area contributed by atoms with Gasteiger partial charge in [-0.15, -0.1) is 0 Å². The number of anilines is 1. The highest BCUT2D eigenvalue weighted by molar-refractivity contribution is 6.14. The van der Waals surface area contributed by atoms with Gasteiger partial charge in [0, 0.05) is 37.6 Å². The zero-order valence-electron chi connectivity index (χ0n) is 17.9. The summed E-state index contributed by atoms with van der Waals surface area (Å²) in [6, 6.07) is 5.32. The molecule has 0 spiro atoms. The van der Waals surface area contributed by atoms with Crippen LogP contribution >= 0.6 is 0 Å². The van der Waals surface area contributed by atoms with Crippen LogP contribution in [-0.2, 0) is 4.79 Å². The minimum atomic E-state index is -0.783. The molecule has 1 aliphatic rings. The number of nitrogens with one attached hydrogen (secondary N) is 4. The second-order valence-corrected chi connectivity index (χ2v) is 7.73. The Balaban J connectivity index is 1.56. The normalized spacial score (nSPS) is 14.3. The Kier molecular flexibility index (Phi) is 5.74. The monoisotopic (exact) mass is 448 g/mol. The number of hydrogen-bond acceptors (Lipinski definition) is 7. The predicted molar refractivity (Wildman–Crippen MR) is 118 cm³/mol. The number of aromatic amines is 1. The summed E-state index contributed by atoms with van der Waals surface area (Å²) in [7, 11) is 1.62. The number of hydrogen-bond donors (Lipinski definition) is 4. The summed E-state index contributed by atoms with van der Waals surface area (Å²) in [5.74, 6) is -1.39. The molecule has 3 aromatic rings. The Bertz CT molecular complexity index is 1310. The Morgan fingerprint density at radius 3 is 2.82 bits per heavy atom. The highest BCUT2D eigenvalue weighted by Gasteiger charge is 2.33. The van der Waals surface area contributed by atoms with Crippen molar-refractivity contribution in [1.82, 2.24) is 25.2 Å². The summed E-state index contributed by atoms with van der Waals surface area (Å²) < 4.78 is 13.6. The van der Waals surface area contributed by atoms with Crippen molar-refractivity contribution in [3.8, 4) is 6.07 Å². The molecular weight excluding hydrogens is 427 g/mol. The third-order valence-electron chi connectivity index (χ3n) is 5.50. The van der Waals surface area contributed by atoms with Crippen molar-refractivity contribution in [2.45, 2.75) is 13.0 Å². The van der Waals surface area contributed by atoms with Crippen LogP contribution in [0.4, 0.5) is 10.1 Å². The Hall–Kier alpha value is -4.33. The van der Waals surface area contributed by atoms with Crippen molar-refractivity contribution in [2.75, 3.05) is 25.5 Å². The van der Waals surface area contributed by atoms with Gasteiger partial charge in [0.1, 0.15) is 23.1 Å². The standard InChI is InChI=1S/C22H21FN8O2/c1-11(22(33)31-9-12(6-24)10-31)29-21(32)15-7-27-20-19(15)30-17(8-28-20)18(25)14-4-3-13(23)5-16(14)26-2/h3-5,7-8,11-12,25-26H,9-10H2,1-2H3,(H,27,28)(H,29,32)/t11-/m1/s1. The molecule has 0 saturated carbocycles. The average Bonchev–Trinajstić information content (AvgIpc) is 3.21. The van der Waals surface area contributed by atoms with Gasteiger partial charge in [0.25, 0.3) is 5.91 Å². The van der Waals surface area contributed by atoms with Gasteiger partial charge in [-0.3, -0.25) is 15.0 Å². The van der Waals surface area contributed by atoms with Gasteiger partial charge in [-0.2, -0.15) is 5.26 Å². The van der Waals surface area contributed by atoms with Crippen LogP contribution in [0.15, 0.2) is 30.6 Å². The van der Waals surface area contributed by atoms with Gasteiger partial charge in [-0.05, 0) is 25.1 Å². The molecule has 10 nitrogen and oxygen atoms in total. The molecule has 0 radical (unpaired) electrons. The quantitative estimate of drug-likeness (QED) is 0.421. The van der Waals surface area contributed by atoms with Crippen LogP contribution < -0.4 is 10.6 Å². The van der Waals surface area contributed by atoms with Crippen molar-refractivity contribution in [3.63, 3.8) is 0 Å². The molecule has 11 heteroatoms. The van der Waals surface area contributed by atoms with Gasteiger partial charge in [0.2, 0.25) is 5.91 Å². The van der Waals surface area contributed by atoms with Crippen molar-refractivity contribution in [2.24, 2.45) is 5.92 Å². The van der Waals surface area contributed by atoms with Gasteiger partial charge < -0.3 is 20.5 Å². The van der Waals surface area contributed by atoms with Crippen LogP contribution in [0.1, 0.15) is 28.5 Å². The highest BCUT2D eigenvalue weighted by atomic mass is 19.1. The van der Waals surface area contributed by atoms with Crippen LogP contribution in [-0.4, -0.2) is 63.6 Å². The number of rotatable bonds is 6. The van der Waals surface area contributed by atoms with E-state index in [1.54, 1.807) is 14.0 Å². The summed E-state index contributed by atoms with van der Waals surface area (Å²) in [5.41, 5.74) is 1.84. The summed E-state index contributed by atoms with van der Waals surface area (Å²) in [5, 5.41) is 22.9. The zero-order valence-corrected chi connectivity index (χ0v) is 17.9. The molecule has 1 fully saturated rings. The second-order valence-electron chi connectivity index (χ2n) is 7.73. The first kappa shape index (κ1) is 21.9. The molecule has 0 aliphatic carbocycles. The molecule has 1 aliphatic heterocycles. The van der Waals surface area contributed by atoms with Gasteiger partial charge >= 0.3 is 0 Å². The maximum absolute atomic E-state index is 13.6. The molecule has 33 heavy (non-hydrogen) atoms. The van der Waals surface area contributed by atoms with E-state index in [1.807, 2.05) is 0 Å². The number of fused-ring (bicyclic) bond motifs is 1. The smallest absolute Gasteiger partial charge is 0.255 e. The molecule has 1 saturated heterocycles. The fourth-order valence-electron chi connectivity index (χ4n) is 3.61. The number of nitriles is 1. The molecule has 4 N–H and O–H groups in total. The molecule has 2 aromatic heterocycles. The van der Waals surface area contributed by atoms with E-state index < -0.39 is 17.8 Å². The lowest BCUT2D eigenvalue weighted by Gasteiger charge is -2.37. The molecular formula is C22H21FN8O2. The van der Waals surface area contributed by atoms with E-state index in [1.165, 1.54) is 35.5 Å². The first-order valence-electron chi connectivity index (χ1n) is 10.2. The van der Waals surface area contributed by atoms with Crippen LogP contribution in [0.2, 0.25) is 0 Å². The maximum atomic E-state index is 13.6. The number of likely N-dealkylation sites (tertiary alicyclic amines) is 1. The Morgan fingerprint density at radius 1 is 1.36 bits per heavy atom. The summed E-state index contributed by atoms with van der Waals surface area (Å²) in [6.45, 7) is 2.30. The largest absolute Gasteiger partial charge is 0.387 e. The molecule has 168 valence electrons. The SMILES string of the molecule is CNc1cc(F)ccc1C(=N)c1cnc2[nH]cc(C(=O)N[C@H](C)C(=O)N3CC(C#N)C3)c2n1. The maximum Gasteiger partial charge on any atom is 0.255 e. The van der Waals surface area contributed by atoms with Crippen molar-refractivity contribution >= 4 is 34.4 Å². The van der Waals surface area contributed by atoms with Gasteiger partial charge in [-0.25, -0.2) is 14.4 Å². The van der Waals surface area contributed by atoms with Crippen molar-refractivity contribution in [1.29, 1.82) is 10.7 Å². The fourth-order valence-corrected chi connectivity index (χ4v) is 3.61. The number of H-pyrrole nitrogens is 1. The number of aromatic nitrogens is 3. The van der Waals surface area contributed by atoms with Gasteiger partial charge in [0.15, 0.2) is 5.65 Å². The molecule has 0 unspecified atom stereocenters. The minimum Gasteiger partial charge on any atom is -0.387 e. The number of nitrogens with zero attached hydrogens (tertiary/aromatic N) is 4. The lowest BCUT2D eigenvalue weighted by atomic mass is 10.0. The van der Waals surface area contributed by atoms with Crippen LogP contribution in [0.5, 0.6) is 0 Å². The first-order valence-corrected chi connectivity index (χ1v) is 10.2. The van der Waals surface area contributed by atoms with Gasteiger partial charge in [0.05, 0.1) is 29.5 Å². The van der Waals surface area contributed by atoms with E-state index >= 15 is 0 Å². The molecule has 3 heterocycles. The highest BCUT2D eigenvalue weighted by Crippen LogP contribution is 2.22. The third kappa shape index (κ3) is 4.10. The number of benzene rings is 1. The average molecular weight is 448 g/mol. The number of carbonyl (C=O) groups is 2. The molecule has 4 rings (SSSR count). The summed E-state index contributed by atoms with van der Waals surface area (Å²) in [4.78, 5) is 38.4. The fraction of sp³-hybridized carbons (Fsp3) is 0.273. The predicted octanol–water partition coefficient (Wildman–Crippen LogP) is 1.66. The van der Waals surface area contributed by atoms with Crippen molar-refractivity contribution in [3.05, 3.63) is 53.2 Å². The first-order chi connectivity index (χ1) is 15.8. The number of carbonyl (C=O) groups excluding carboxylic acids is 2. The molecule has 2 amide bonds. The summed E-state index contributed by atoms with van der Waals surface area (Å²) in [6.07, 6.45) is 2.84. The van der Waals surface area contributed by atoms with Crippen LogP contribution in [0.3, 0.4) is 0 Å². The molecule has 1 atom stereocenters. The number of halogens is 1. The van der Waals surface area contributed by atoms with Crippen LogP contribution in [0, 0.1) is 28.5 Å². The lowest BCUT2D eigenvalue weighted by molar-refractivity contribution is -0.137. The van der Waals surface area contributed by atoms with E-state index in [2.05, 4.69) is 31.7 Å². The number of amides is 2. The van der Waals surface area contributed by atoms with E-state index in [9.17, 15) is 14.0 Å². The van der Waals surface area contributed by atoms with Gasteiger partial charge in [-0.1, -0.05) is 0 Å². The van der Waals surface area contributed by atoms with Crippen molar-refractivity contribution < 1.29 is 14.0 Å². The molecule has 0 bridgehead atoms. The van der Waals surface area contributed by atoms with E-state index in [0.29, 0.717) is 30.0 Å². The third-order valence-corrected chi connectivity index (χ3v) is 5.50.